The average molecular weight is 482 g/mol. The molecule has 0 bridgehead atoms. The van der Waals surface area contributed by atoms with Gasteiger partial charge >= 0.3 is 0 Å². The fourth-order valence-electron chi connectivity index (χ4n) is 2.77. The summed E-state index contributed by atoms with van der Waals surface area (Å²) in [6, 6.07) is 11.2. The number of amides is 1. The van der Waals surface area contributed by atoms with Gasteiger partial charge in [-0.25, -0.2) is 0 Å². The lowest BCUT2D eigenvalue weighted by Gasteiger charge is -2.21. The second-order valence-electron chi connectivity index (χ2n) is 5.68. The molecule has 0 fully saturated rings. The van der Waals surface area contributed by atoms with Gasteiger partial charge in [0.1, 0.15) is 0 Å². The predicted molar refractivity (Wildman–Crippen MR) is 108 cm³/mol. The van der Waals surface area contributed by atoms with E-state index in [1.807, 2.05) is 24.3 Å². The van der Waals surface area contributed by atoms with E-state index in [0.29, 0.717) is 28.7 Å². The van der Waals surface area contributed by atoms with E-state index < -0.39 is 6.23 Å². The molecular weight excluding hydrogens is 463 g/mol. The molecule has 1 heterocycles. The molecule has 0 aromatic heterocycles. The SMILES string of the molecule is COc1cc([C@H]2OC(c3ccccc3I)=NN2C(C)=O)cc(OC)c1OC. The lowest BCUT2D eigenvalue weighted by molar-refractivity contribution is -0.135. The molecule has 1 atom stereocenters. The quantitative estimate of drug-likeness (QED) is 0.610. The van der Waals surface area contributed by atoms with Crippen molar-refractivity contribution in [2.45, 2.75) is 13.2 Å². The Morgan fingerprint density at radius 3 is 2.26 bits per heavy atom. The van der Waals surface area contributed by atoms with Gasteiger partial charge in [0, 0.05) is 16.1 Å². The zero-order valence-electron chi connectivity index (χ0n) is 15.4. The number of rotatable bonds is 5. The summed E-state index contributed by atoms with van der Waals surface area (Å²) in [5.74, 6) is 1.56. The van der Waals surface area contributed by atoms with Gasteiger partial charge in [-0.15, -0.1) is 5.10 Å². The molecule has 0 aliphatic carbocycles. The molecule has 0 radical (unpaired) electrons. The van der Waals surface area contributed by atoms with Crippen LogP contribution in [0.25, 0.3) is 0 Å². The number of ether oxygens (including phenoxy) is 4. The van der Waals surface area contributed by atoms with E-state index in [1.54, 1.807) is 12.1 Å². The van der Waals surface area contributed by atoms with Crippen molar-refractivity contribution in [2.24, 2.45) is 5.10 Å². The minimum atomic E-state index is -0.734. The second-order valence-corrected chi connectivity index (χ2v) is 6.84. The van der Waals surface area contributed by atoms with Gasteiger partial charge in [-0.3, -0.25) is 4.79 Å². The lowest BCUT2D eigenvalue weighted by atomic mass is 10.1. The van der Waals surface area contributed by atoms with E-state index in [9.17, 15) is 4.79 Å². The van der Waals surface area contributed by atoms with Crippen molar-refractivity contribution >= 4 is 34.4 Å². The predicted octanol–water partition coefficient (Wildman–Crippen LogP) is 3.56. The van der Waals surface area contributed by atoms with Crippen LogP contribution in [0.2, 0.25) is 0 Å². The van der Waals surface area contributed by atoms with Crippen molar-refractivity contribution in [1.29, 1.82) is 0 Å². The topological polar surface area (TPSA) is 69.6 Å². The Labute approximate surface area is 171 Å². The monoisotopic (exact) mass is 482 g/mol. The molecule has 1 aliphatic heterocycles. The molecule has 1 aliphatic rings. The molecule has 0 saturated heterocycles. The number of hydrogen-bond acceptors (Lipinski definition) is 6. The first kappa shape index (κ1) is 19.3. The summed E-state index contributed by atoms with van der Waals surface area (Å²) in [5, 5.41) is 5.70. The molecule has 142 valence electrons. The Hall–Kier alpha value is -2.49. The van der Waals surface area contributed by atoms with Gasteiger partial charge in [-0.2, -0.15) is 5.01 Å². The molecule has 0 saturated carbocycles. The standard InChI is InChI=1S/C19H19IN2O5/c1-11(23)22-19(27-18(21-22)13-7-5-6-8-14(13)20)12-9-15(24-2)17(26-4)16(10-12)25-3/h5-10,19H,1-4H3/t19-/m1/s1. The van der Waals surface area contributed by atoms with Gasteiger partial charge in [-0.05, 0) is 46.9 Å². The average Bonchev–Trinajstić information content (AvgIpc) is 3.12. The summed E-state index contributed by atoms with van der Waals surface area (Å²) in [7, 11) is 4.60. The zero-order chi connectivity index (χ0) is 19.6. The van der Waals surface area contributed by atoms with Gasteiger partial charge in [0.25, 0.3) is 0 Å². The highest BCUT2D eigenvalue weighted by Crippen LogP contribution is 2.42. The van der Waals surface area contributed by atoms with Crippen molar-refractivity contribution < 1.29 is 23.7 Å². The summed E-state index contributed by atoms with van der Waals surface area (Å²) >= 11 is 2.21. The fraction of sp³-hybridized carbons (Fsp3) is 0.263. The molecule has 8 heteroatoms. The minimum absolute atomic E-state index is 0.241. The maximum atomic E-state index is 12.2. The van der Waals surface area contributed by atoms with Gasteiger partial charge in [0.15, 0.2) is 11.5 Å². The zero-order valence-corrected chi connectivity index (χ0v) is 17.5. The summed E-state index contributed by atoms with van der Waals surface area (Å²) < 4.78 is 23.2. The summed E-state index contributed by atoms with van der Waals surface area (Å²) in [4.78, 5) is 12.2. The first-order valence-electron chi connectivity index (χ1n) is 8.10. The highest BCUT2D eigenvalue weighted by atomic mass is 127. The van der Waals surface area contributed by atoms with E-state index in [-0.39, 0.29) is 5.91 Å². The first-order chi connectivity index (χ1) is 13.0. The van der Waals surface area contributed by atoms with E-state index in [0.717, 1.165) is 9.13 Å². The third-order valence-electron chi connectivity index (χ3n) is 4.04. The fourth-order valence-corrected chi connectivity index (χ4v) is 3.39. The molecular formula is C19H19IN2O5. The summed E-state index contributed by atoms with van der Waals surface area (Å²) in [6.07, 6.45) is -0.734. The van der Waals surface area contributed by atoms with Gasteiger partial charge in [0.2, 0.25) is 23.8 Å². The van der Waals surface area contributed by atoms with Crippen molar-refractivity contribution in [1.82, 2.24) is 5.01 Å². The third kappa shape index (κ3) is 3.66. The third-order valence-corrected chi connectivity index (χ3v) is 4.98. The minimum Gasteiger partial charge on any atom is -0.493 e. The van der Waals surface area contributed by atoms with Crippen molar-refractivity contribution in [3.63, 3.8) is 0 Å². The number of halogens is 1. The van der Waals surface area contributed by atoms with Crippen LogP contribution >= 0.6 is 22.6 Å². The number of methoxy groups -OCH3 is 3. The molecule has 1 amide bonds. The van der Waals surface area contributed by atoms with E-state index in [2.05, 4.69) is 27.7 Å². The van der Waals surface area contributed by atoms with E-state index >= 15 is 0 Å². The first-order valence-corrected chi connectivity index (χ1v) is 9.17. The molecule has 0 unspecified atom stereocenters. The number of carbonyl (C=O) groups excluding carboxylic acids is 1. The molecule has 27 heavy (non-hydrogen) atoms. The molecule has 7 nitrogen and oxygen atoms in total. The van der Waals surface area contributed by atoms with E-state index in [1.165, 1.54) is 33.3 Å². The maximum Gasteiger partial charge on any atom is 0.243 e. The lowest BCUT2D eigenvalue weighted by Crippen LogP contribution is -2.25. The smallest absolute Gasteiger partial charge is 0.243 e. The van der Waals surface area contributed by atoms with Crippen LogP contribution in [0.15, 0.2) is 41.5 Å². The van der Waals surface area contributed by atoms with Crippen molar-refractivity contribution in [3.8, 4) is 17.2 Å². The number of benzene rings is 2. The van der Waals surface area contributed by atoms with Crippen molar-refractivity contribution in [3.05, 3.63) is 51.1 Å². The maximum absolute atomic E-state index is 12.2. The molecule has 0 spiro atoms. The Kier molecular flexibility index (Phi) is 5.73. The number of carbonyl (C=O) groups is 1. The molecule has 3 rings (SSSR count). The Morgan fingerprint density at radius 1 is 1.11 bits per heavy atom. The highest BCUT2D eigenvalue weighted by molar-refractivity contribution is 14.1. The van der Waals surface area contributed by atoms with Crippen molar-refractivity contribution in [2.75, 3.05) is 21.3 Å². The highest BCUT2D eigenvalue weighted by Gasteiger charge is 2.35. The van der Waals surface area contributed by atoms with Crippen LogP contribution in [0.5, 0.6) is 17.2 Å². The summed E-state index contributed by atoms with van der Waals surface area (Å²) in [5.41, 5.74) is 1.48. The Balaban J connectivity index is 2.04. The van der Waals surface area contributed by atoms with Crippen LogP contribution in [0.1, 0.15) is 24.3 Å². The Bertz CT molecular complexity index is 874. The van der Waals surface area contributed by atoms with Gasteiger partial charge < -0.3 is 18.9 Å². The van der Waals surface area contributed by atoms with Gasteiger partial charge in [-0.1, -0.05) is 12.1 Å². The Morgan fingerprint density at radius 2 is 1.74 bits per heavy atom. The second kappa shape index (κ2) is 8.03. The molecule has 2 aromatic carbocycles. The normalized spacial score (nSPS) is 15.8. The molecule has 0 N–H and O–H groups in total. The number of hydrogen-bond donors (Lipinski definition) is 0. The van der Waals surface area contributed by atoms with Crippen LogP contribution in [0.3, 0.4) is 0 Å². The summed E-state index contributed by atoms with van der Waals surface area (Å²) in [6.45, 7) is 1.44. The largest absolute Gasteiger partial charge is 0.493 e. The number of hydrazone groups is 1. The molecule has 2 aromatic rings. The van der Waals surface area contributed by atoms with Crippen LogP contribution in [-0.4, -0.2) is 38.1 Å². The van der Waals surface area contributed by atoms with Crippen LogP contribution in [-0.2, 0) is 9.53 Å². The van der Waals surface area contributed by atoms with Crippen LogP contribution in [0.4, 0.5) is 0 Å². The van der Waals surface area contributed by atoms with Gasteiger partial charge in [0.05, 0.1) is 26.9 Å². The van der Waals surface area contributed by atoms with E-state index in [4.69, 9.17) is 18.9 Å². The van der Waals surface area contributed by atoms with Crippen LogP contribution < -0.4 is 14.2 Å². The number of nitrogens with zero attached hydrogens (tertiary/aromatic N) is 2. The van der Waals surface area contributed by atoms with Crippen LogP contribution in [0, 0.1) is 3.57 Å².